The van der Waals surface area contributed by atoms with E-state index in [0.717, 1.165) is 5.56 Å². The molecule has 1 atom stereocenters. The predicted octanol–water partition coefficient (Wildman–Crippen LogP) is 2.69. The lowest BCUT2D eigenvalue weighted by molar-refractivity contribution is 0.0916. The molecule has 0 aliphatic heterocycles. The van der Waals surface area contributed by atoms with Gasteiger partial charge in [0.1, 0.15) is 0 Å². The second kappa shape index (κ2) is 6.61. The number of anilines is 1. The first-order valence-corrected chi connectivity index (χ1v) is 6.93. The van der Waals surface area contributed by atoms with Crippen molar-refractivity contribution in [3.8, 4) is 0 Å². The summed E-state index contributed by atoms with van der Waals surface area (Å²) in [5.41, 5.74) is 8.29. The molecule has 0 saturated heterocycles. The van der Waals surface area contributed by atoms with Gasteiger partial charge in [0, 0.05) is 12.2 Å². The number of hydrogen-bond acceptors (Lipinski definition) is 3. The second-order valence-corrected chi connectivity index (χ2v) is 5.28. The minimum atomic E-state index is -0.793. The third-order valence-electron chi connectivity index (χ3n) is 3.15. The maximum Gasteiger partial charge on any atom is 0.252 e. The van der Waals surface area contributed by atoms with Gasteiger partial charge >= 0.3 is 0 Å². The van der Waals surface area contributed by atoms with Crippen molar-refractivity contribution in [2.75, 3.05) is 12.3 Å². The number of aliphatic hydroxyl groups is 1. The van der Waals surface area contributed by atoms with Gasteiger partial charge in [0.25, 0.3) is 5.91 Å². The fourth-order valence-electron chi connectivity index (χ4n) is 1.92. The minimum Gasteiger partial charge on any atom is -0.399 e. The van der Waals surface area contributed by atoms with Crippen LogP contribution < -0.4 is 11.1 Å². The number of carbonyl (C=O) groups is 1. The van der Waals surface area contributed by atoms with Crippen LogP contribution in [0.1, 0.15) is 27.6 Å². The highest BCUT2D eigenvalue weighted by Crippen LogP contribution is 2.18. The molecule has 0 radical (unpaired) electrons. The number of amides is 1. The van der Waals surface area contributed by atoms with Crippen molar-refractivity contribution in [2.24, 2.45) is 0 Å². The van der Waals surface area contributed by atoms with Crippen LogP contribution in [0, 0.1) is 6.92 Å². The Morgan fingerprint density at radius 2 is 1.95 bits per heavy atom. The van der Waals surface area contributed by atoms with Crippen molar-refractivity contribution in [3.05, 3.63) is 64.2 Å². The maximum atomic E-state index is 12.0. The Morgan fingerprint density at radius 3 is 2.57 bits per heavy atom. The zero-order valence-electron chi connectivity index (χ0n) is 11.6. The molecule has 0 aromatic heterocycles. The number of nitrogen functional groups attached to an aromatic ring is 1. The normalized spacial score (nSPS) is 12.0. The van der Waals surface area contributed by atoms with Crippen LogP contribution in [0.25, 0.3) is 0 Å². The summed E-state index contributed by atoms with van der Waals surface area (Å²) in [7, 11) is 0. The van der Waals surface area contributed by atoms with E-state index in [9.17, 15) is 9.90 Å². The smallest absolute Gasteiger partial charge is 0.252 e. The Balaban J connectivity index is 1.99. The van der Waals surface area contributed by atoms with Crippen LogP contribution in [-0.2, 0) is 0 Å². The lowest BCUT2D eigenvalue weighted by Gasteiger charge is -2.13. The van der Waals surface area contributed by atoms with E-state index < -0.39 is 6.10 Å². The average molecular weight is 305 g/mol. The highest BCUT2D eigenvalue weighted by atomic mass is 35.5. The fraction of sp³-hybridized carbons (Fsp3) is 0.188. The number of rotatable bonds is 4. The SMILES string of the molecule is Cc1ccc(C(=O)NCC(O)c2ccc(N)cc2)c(Cl)c1. The van der Waals surface area contributed by atoms with Crippen LogP contribution in [-0.4, -0.2) is 17.6 Å². The Kier molecular flexibility index (Phi) is 4.83. The lowest BCUT2D eigenvalue weighted by Crippen LogP contribution is -2.28. The predicted molar refractivity (Wildman–Crippen MR) is 84.3 cm³/mol. The van der Waals surface area contributed by atoms with Gasteiger partial charge in [0.2, 0.25) is 0 Å². The number of halogens is 1. The number of benzene rings is 2. The van der Waals surface area contributed by atoms with Gasteiger partial charge in [-0.1, -0.05) is 29.8 Å². The number of nitrogens with two attached hydrogens (primary N) is 1. The Bertz CT molecular complexity index is 641. The summed E-state index contributed by atoms with van der Waals surface area (Å²) < 4.78 is 0. The summed E-state index contributed by atoms with van der Waals surface area (Å²) in [4.78, 5) is 12.0. The molecule has 0 heterocycles. The Labute approximate surface area is 128 Å². The monoisotopic (exact) mass is 304 g/mol. The van der Waals surface area contributed by atoms with E-state index in [1.165, 1.54) is 0 Å². The number of hydrogen-bond donors (Lipinski definition) is 3. The molecule has 2 rings (SSSR count). The first-order valence-electron chi connectivity index (χ1n) is 6.55. The van der Waals surface area contributed by atoms with Crippen LogP contribution in [0.3, 0.4) is 0 Å². The summed E-state index contributed by atoms with van der Waals surface area (Å²) >= 11 is 6.04. The molecule has 1 unspecified atom stereocenters. The molecular formula is C16H17ClN2O2. The molecule has 0 aliphatic rings. The van der Waals surface area contributed by atoms with Crippen molar-refractivity contribution < 1.29 is 9.90 Å². The zero-order chi connectivity index (χ0) is 15.4. The van der Waals surface area contributed by atoms with E-state index >= 15 is 0 Å². The van der Waals surface area contributed by atoms with Crippen LogP contribution in [0.15, 0.2) is 42.5 Å². The van der Waals surface area contributed by atoms with E-state index in [1.54, 1.807) is 36.4 Å². The van der Waals surface area contributed by atoms with Gasteiger partial charge in [0.15, 0.2) is 0 Å². The van der Waals surface area contributed by atoms with Crippen molar-refractivity contribution in [2.45, 2.75) is 13.0 Å². The van der Waals surface area contributed by atoms with E-state index in [-0.39, 0.29) is 12.5 Å². The van der Waals surface area contributed by atoms with Gasteiger partial charge in [-0.3, -0.25) is 4.79 Å². The van der Waals surface area contributed by atoms with Gasteiger partial charge in [-0.05, 0) is 42.3 Å². The van der Waals surface area contributed by atoms with Crippen LogP contribution >= 0.6 is 11.6 Å². The van der Waals surface area contributed by atoms with Gasteiger partial charge in [-0.2, -0.15) is 0 Å². The van der Waals surface area contributed by atoms with Crippen molar-refractivity contribution in [3.63, 3.8) is 0 Å². The van der Waals surface area contributed by atoms with Crippen LogP contribution in [0.5, 0.6) is 0 Å². The van der Waals surface area contributed by atoms with Gasteiger partial charge in [-0.25, -0.2) is 0 Å². The third kappa shape index (κ3) is 3.97. The number of carbonyl (C=O) groups excluding carboxylic acids is 1. The topological polar surface area (TPSA) is 75.3 Å². The maximum absolute atomic E-state index is 12.0. The molecule has 4 nitrogen and oxygen atoms in total. The Morgan fingerprint density at radius 1 is 1.29 bits per heavy atom. The molecule has 4 N–H and O–H groups in total. The van der Waals surface area contributed by atoms with E-state index in [1.807, 2.05) is 13.0 Å². The van der Waals surface area contributed by atoms with E-state index in [4.69, 9.17) is 17.3 Å². The van der Waals surface area contributed by atoms with E-state index in [0.29, 0.717) is 21.8 Å². The minimum absolute atomic E-state index is 0.104. The standard InChI is InChI=1S/C16H17ClN2O2/c1-10-2-7-13(14(17)8-10)16(21)19-9-15(20)11-3-5-12(18)6-4-11/h2-8,15,20H,9,18H2,1H3,(H,19,21). The summed E-state index contributed by atoms with van der Waals surface area (Å²) in [5, 5.41) is 13.1. The molecule has 0 bridgehead atoms. The quantitative estimate of drug-likeness (QED) is 0.760. The molecule has 0 fully saturated rings. The van der Waals surface area contributed by atoms with Gasteiger partial charge in [-0.15, -0.1) is 0 Å². The van der Waals surface area contributed by atoms with Gasteiger partial charge in [0.05, 0.1) is 16.7 Å². The molecule has 21 heavy (non-hydrogen) atoms. The van der Waals surface area contributed by atoms with Crippen LogP contribution in [0.2, 0.25) is 5.02 Å². The van der Waals surface area contributed by atoms with Crippen molar-refractivity contribution >= 4 is 23.2 Å². The van der Waals surface area contributed by atoms with Crippen LogP contribution in [0.4, 0.5) is 5.69 Å². The van der Waals surface area contributed by atoms with E-state index in [2.05, 4.69) is 5.32 Å². The first kappa shape index (κ1) is 15.4. The summed E-state index contributed by atoms with van der Waals surface area (Å²) in [5.74, 6) is -0.311. The third-order valence-corrected chi connectivity index (χ3v) is 3.46. The highest BCUT2D eigenvalue weighted by molar-refractivity contribution is 6.33. The van der Waals surface area contributed by atoms with Crippen molar-refractivity contribution in [1.82, 2.24) is 5.32 Å². The number of aliphatic hydroxyl groups excluding tert-OH is 1. The molecule has 1 amide bonds. The molecule has 110 valence electrons. The summed E-state index contributed by atoms with van der Waals surface area (Å²) in [6, 6.07) is 12.1. The molecule has 0 spiro atoms. The summed E-state index contributed by atoms with van der Waals surface area (Å²) in [6.07, 6.45) is -0.793. The highest BCUT2D eigenvalue weighted by Gasteiger charge is 2.13. The molecule has 5 heteroatoms. The number of aryl methyl sites for hydroxylation is 1. The molecule has 2 aromatic rings. The average Bonchev–Trinajstić information content (AvgIpc) is 2.45. The first-order chi connectivity index (χ1) is 9.97. The van der Waals surface area contributed by atoms with Gasteiger partial charge < -0.3 is 16.2 Å². The number of nitrogens with one attached hydrogen (secondary N) is 1. The largest absolute Gasteiger partial charge is 0.399 e. The Hall–Kier alpha value is -2.04. The summed E-state index contributed by atoms with van der Waals surface area (Å²) in [6.45, 7) is 2.01. The van der Waals surface area contributed by atoms with Crippen molar-refractivity contribution in [1.29, 1.82) is 0 Å². The molecule has 0 saturated carbocycles. The fourth-order valence-corrected chi connectivity index (χ4v) is 2.25. The molecular weight excluding hydrogens is 288 g/mol. The molecule has 2 aromatic carbocycles. The molecule has 0 aliphatic carbocycles. The zero-order valence-corrected chi connectivity index (χ0v) is 12.4. The second-order valence-electron chi connectivity index (χ2n) is 4.88. The lowest BCUT2D eigenvalue weighted by atomic mass is 10.1.